The minimum atomic E-state index is 0.000741. The lowest BCUT2D eigenvalue weighted by molar-refractivity contribution is 0.0961. The predicted molar refractivity (Wildman–Crippen MR) is 50.5 cm³/mol. The Morgan fingerprint density at radius 2 is 2.31 bits per heavy atom. The van der Waals surface area contributed by atoms with E-state index in [0.717, 1.165) is 4.47 Å². The van der Waals surface area contributed by atoms with Gasteiger partial charge in [-0.1, -0.05) is 0 Å². The van der Waals surface area contributed by atoms with Crippen LogP contribution in [0.3, 0.4) is 0 Å². The molecule has 0 bridgehead atoms. The highest BCUT2D eigenvalue weighted by Crippen LogP contribution is 2.35. The molecule has 0 radical (unpaired) electrons. The molecular formula is C9H7BrO3. The average Bonchev–Trinajstić information content (AvgIpc) is 2.46. The molecule has 13 heavy (non-hydrogen) atoms. The van der Waals surface area contributed by atoms with Crippen molar-refractivity contribution in [3.8, 4) is 11.5 Å². The highest BCUT2D eigenvalue weighted by Gasteiger charge is 2.22. The Hall–Kier alpha value is -1.03. The van der Waals surface area contributed by atoms with Crippen molar-refractivity contribution in [2.45, 2.75) is 0 Å². The summed E-state index contributed by atoms with van der Waals surface area (Å²) in [7, 11) is 1.56. The van der Waals surface area contributed by atoms with Crippen molar-refractivity contribution in [2.24, 2.45) is 0 Å². The molecule has 0 atom stereocenters. The van der Waals surface area contributed by atoms with Crippen LogP contribution in [0, 0.1) is 0 Å². The van der Waals surface area contributed by atoms with E-state index in [9.17, 15) is 4.79 Å². The van der Waals surface area contributed by atoms with Crippen LogP contribution >= 0.6 is 15.9 Å². The first-order valence-corrected chi connectivity index (χ1v) is 4.55. The Morgan fingerprint density at radius 3 is 3.00 bits per heavy atom. The fourth-order valence-electron chi connectivity index (χ4n) is 1.25. The lowest BCUT2D eigenvalue weighted by atomic mass is 10.1. The molecule has 4 heteroatoms. The van der Waals surface area contributed by atoms with E-state index in [1.165, 1.54) is 0 Å². The van der Waals surface area contributed by atoms with E-state index in [1.54, 1.807) is 19.2 Å². The summed E-state index contributed by atoms with van der Waals surface area (Å²) in [6, 6.07) is 3.44. The first-order chi connectivity index (χ1) is 6.22. The summed E-state index contributed by atoms with van der Waals surface area (Å²) in [4.78, 5) is 11.2. The minimum absolute atomic E-state index is 0.000741. The first-order valence-electron chi connectivity index (χ1n) is 3.76. The number of carbonyl (C=O) groups excluding carboxylic acids is 1. The zero-order valence-corrected chi connectivity index (χ0v) is 8.55. The van der Waals surface area contributed by atoms with Crippen molar-refractivity contribution in [1.29, 1.82) is 0 Å². The van der Waals surface area contributed by atoms with E-state index in [2.05, 4.69) is 15.9 Å². The second-order valence-corrected chi connectivity index (χ2v) is 3.55. The van der Waals surface area contributed by atoms with E-state index in [4.69, 9.17) is 9.47 Å². The normalized spacial score (nSPS) is 13.8. The van der Waals surface area contributed by atoms with E-state index in [-0.39, 0.29) is 12.4 Å². The Bertz CT molecular complexity index is 373. The molecule has 0 spiro atoms. The molecule has 0 aliphatic carbocycles. The van der Waals surface area contributed by atoms with Gasteiger partial charge in [-0.2, -0.15) is 0 Å². The molecule has 0 saturated heterocycles. The van der Waals surface area contributed by atoms with Gasteiger partial charge in [-0.3, -0.25) is 4.79 Å². The number of hydrogen-bond acceptors (Lipinski definition) is 3. The maximum atomic E-state index is 11.2. The van der Waals surface area contributed by atoms with E-state index in [0.29, 0.717) is 17.1 Å². The van der Waals surface area contributed by atoms with E-state index >= 15 is 0 Å². The molecule has 3 nitrogen and oxygen atoms in total. The van der Waals surface area contributed by atoms with Gasteiger partial charge in [0.25, 0.3) is 0 Å². The highest BCUT2D eigenvalue weighted by molar-refractivity contribution is 9.10. The number of benzene rings is 1. The monoisotopic (exact) mass is 242 g/mol. The van der Waals surface area contributed by atoms with Gasteiger partial charge < -0.3 is 9.47 Å². The maximum absolute atomic E-state index is 11.2. The largest absolute Gasteiger partial charge is 0.496 e. The number of hydrogen-bond donors (Lipinski definition) is 0. The number of Topliss-reactive ketones (excluding diaryl/α,β-unsaturated/α-hetero) is 1. The van der Waals surface area contributed by atoms with Crippen LogP contribution in [0.15, 0.2) is 16.6 Å². The van der Waals surface area contributed by atoms with Gasteiger partial charge in [0.2, 0.25) is 5.78 Å². The van der Waals surface area contributed by atoms with Crippen molar-refractivity contribution in [1.82, 2.24) is 0 Å². The first kappa shape index (κ1) is 8.56. The summed E-state index contributed by atoms with van der Waals surface area (Å²) in [6.07, 6.45) is 0. The van der Waals surface area contributed by atoms with Crippen LogP contribution in [0.1, 0.15) is 10.4 Å². The molecule has 0 amide bonds. The molecule has 1 heterocycles. The highest BCUT2D eigenvalue weighted by atomic mass is 79.9. The number of ether oxygens (including phenoxy) is 2. The van der Waals surface area contributed by atoms with Gasteiger partial charge in [-0.25, -0.2) is 0 Å². The molecule has 0 aromatic heterocycles. The van der Waals surface area contributed by atoms with Crippen LogP contribution in [-0.4, -0.2) is 19.5 Å². The Morgan fingerprint density at radius 1 is 1.54 bits per heavy atom. The zero-order chi connectivity index (χ0) is 9.42. The second-order valence-electron chi connectivity index (χ2n) is 2.69. The van der Waals surface area contributed by atoms with Crippen molar-refractivity contribution in [3.05, 3.63) is 22.2 Å². The smallest absolute Gasteiger partial charge is 0.204 e. The Balaban J connectivity index is 2.57. The molecule has 1 aromatic rings. The van der Waals surface area contributed by atoms with Crippen molar-refractivity contribution in [2.75, 3.05) is 13.7 Å². The molecule has 2 rings (SSSR count). The predicted octanol–water partition coefficient (Wildman–Crippen LogP) is 2.03. The average molecular weight is 243 g/mol. The zero-order valence-electron chi connectivity index (χ0n) is 6.96. The van der Waals surface area contributed by atoms with Gasteiger partial charge in [0.1, 0.15) is 11.5 Å². The summed E-state index contributed by atoms with van der Waals surface area (Å²) in [5.74, 6) is 1.27. The molecule has 1 aromatic carbocycles. The quantitative estimate of drug-likeness (QED) is 0.757. The number of rotatable bonds is 1. The number of ketones is 1. The van der Waals surface area contributed by atoms with Crippen LogP contribution in [0.4, 0.5) is 0 Å². The Labute approximate surface area is 83.8 Å². The summed E-state index contributed by atoms with van der Waals surface area (Å²) >= 11 is 3.31. The minimum Gasteiger partial charge on any atom is -0.496 e. The maximum Gasteiger partial charge on any atom is 0.204 e. The number of fused-ring (bicyclic) bond motifs is 1. The molecule has 1 aliphatic rings. The topological polar surface area (TPSA) is 35.5 Å². The lowest BCUT2D eigenvalue weighted by Crippen LogP contribution is -1.98. The third-order valence-electron chi connectivity index (χ3n) is 1.91. The van der Waals surface area contributed by atoms with Gasteiger partial charge >= 0.3 is 0 Å². The van der Waals surface area contributed by atoms with Gasteiger partial charge in [0.05, 0.1) is 17.1 Å². The van der Waals surface area contributed by atoms with Gasteiger partial charge in [-0.05, 0) is 28.1 Å². The molecule has 68 valence electrons. The standard InChI is InChI=1S/C9H7BrO3/c1-12-9-2-5-7(11)4-13-8(5)3-6(9)10/h2-3H,4H2,1H3. The third kappa shape index (κ3) is 1.31. The van der Waals surface area contributed by atoms with Crippen molar-refractivity contribution in [3.63, 3.8) is 0 Å². The fraction of sp³-hybridized carbons (Fsp3) is 0.222. The van der Waals surface area contributed by atoms with Crippen LogP contribution in [0.2, 0.25) is 0 Å². The second kappa shape index (κ2) is 3.03. The number of carbonyl (C=O) groups is 1. The molecule has 0 N–H and O–H groups in total. The van der Waals surface area contributed by atoms with Gasteiger partial charge in [-0.15, -0.1) is 0 Å². The summed E-state index contributed by atoms with van der Waals surface area (Å²) in [6.45, 7) is 0.134. The molecule has 0 fully saturated rings. The number of methoxy groups -OCH3 is 1. The summed E-state index contributed by atoms with van der Waals surface area (Å²) in [5.41, 5.74) is 0.597. The van der Waals surface area contributed by atoms with E-state index < -0.39 is 0 Å². The van der Waals surface area contributed by atoms with Crippen LogP contribution in [0.25, 0.3) is 0 Å². The van der Waals surface area contributed by atoms with Crippen molar-refractivity contribution >= 4 is 21.7 Å². The van der Waals surface area contributed by atoms with Crippen LogP contribution < -0.4 is 9.47 Å². The lowest BCUT2D eigenvalue weighted by Gasteiger charge is -2.04. The third-order valence-corrected chi connectivity index (χ3v) is 2.53. The Kier molecular flexibility index (Phi) is 2.00. The van der Waals surface area contributed by atoms with Crippen molar-refractivity contribution < 1.29 is 14.3 Å². The van der Waals surface area contributed by atoms with Crippen LogP contribution in [0.5, 0.6) is 11.5 Å². The molecule has 1 aliphatic heterocycles. The molecule has 0 unspecified atom stereocenters. The fourth-order valence-corrected chi connectivity index (χ4v) is 1.73. The van der Waals surface area contributed by atoms with E-state index in [1.807, 2.05) is 0 Å². The van der Waals surface area contributed by atoms with Gasteiger partial charge in [0.15, 0.2) is 6.61 Å². The summed E-state index contributed by atoms with van der Waals surface area (Å²) < 4.78 is 11.0. The number of halogens is 1. The SMILES string of the molecule is COc1cc2c(cc1Br)OCC2=O. The molecule has 0 saturated carbocycles. The molecular weight excluding hydrogens is 236 g/mol. The summed E-state index contributed by atoms with van der Waals surface area (Å²) in [5, 5.41) is 0. The van der Waals surface area contributed by atoms with Crippen LogP contribution in [-0.2, 0) is 0 Å². The van der Waals surface area contributed by atoms with Gasteiger partial charge in [0, 0.05) is 0 Å².